The van der Waals surface area contributed by atoms with Gasteiger partial charge in [-0.2, -0.15) is 0 Å². The van der Waals surface area contributed by atoms with Gasteiger partial charge in [0.1, 0.15) is 12.4 Å². The number of hydrogen-bond acceptors (Lipinski definition) is 5. The van der Waals surface area contributed by atoms with E-state index in [9.17, 15) is 4.79 Å². The molecule has 194 valence electrons. The summed E-state index contributed by atoms with van der Waals surface area (Å²) < 4.78 is 6.44. The van der Waals surface area contributed by atoms with E-state index in [0.717, 1.165) is 60.3 Å². The normalized spacial score (nSPS) is 15.6. The van der Waals surface area contributed by atoms with Gasteiger partial charge in [0.25, 0.3) is 5.91 Å². The standard InChI is InChI=1S/C32H33N3O3/c36-32(34-37)28-15-13-24(14-16-28)19-26(23-38-31-12-6-10-27-9-4-5-11-30(27)31)22-35(29-17-18-33-20-29)21-25-7-2-1-3-8-25/h1-16,19,29,33,37H,17-18,20-23H2,(H,34,36)/b26-19+. The minimum atomic E-state index is -0.525. The van der Waals surface area contributed by atoms with Crippen LogP contribution in [0.5, 0.6) is 5.75 Å². The van der Waals surface area contributed by atoms with Gasteiger partial charge < -0.3 is 10.1 Å². The Balaban J connectivity index is 1.43. The van der Waals surface area contributed by atoms with Crippen LogP contribution in [-0.2, 0) is 6.54 Å². The van der Waals surface area contributed by atoms with Crippen molar-refractivity contribution in [3.63, 3.8) is 0 Å². The first kappa shape index (κ1) is 25.7. The minimum absolute atomic E-state index is 0.404. The average Bonchev–Trinajstić information content (AvgIpc) is 3.51. The fourth-order valence-electron chi connectivity index (χ4n) is 5.00. The van der Waals surface area contributed by atoms with Crippen LogP contribution in [0.15, 0.2) is 103 Å². The molecule has 38 heavy (non-hydrogen) atoms. The van der Waals surface area contributed by atoms with Crippen molar-refractivity contribution in [2.24, 2.45) is 0 Å². The van der Waals surface area contributed by atoms with Crippen molar-refractivity contribution in [3.8, 4) is 5.75 Å². The summed E-state index contributed by atoms with van der Waals surface area (Å²) in [5.41, 5.74) is 5.49. The molecule has 0 radical (unpaired) electrons. The van der Waals surface area contributed by atoms with Crippen LogP contribution in [0, 0.1) is 0 Å². The number of carbonyl (C=O) groups excluding carboxylic acids is 1. The van der Waals surface area contributed by atoms with Gasteiger partial charge in [-0.15, -0.1) is 0 Å². The van der Waals surface area contributed by atoms with Crippen molar-refractivity contribution in [1.29, 1.82) is 0 Å². The number of nitrogens with one attached hydrogen (secondary N) is 2. The van der Waals surface area contributed by atoms with Crippen molar-refractivity contribution in [2.75, 3.05) is 26.2 Å². The van der Waals surface area contributed by atoms with Crippen molar-refractivity contribution in [2.45, 2.75) is 19.0 Å². The van der Waals surface area contributed by atoms with Gasteiger partial charge in [0.2, 0.25) is 0 Å². The van der Waals surface area contributed by atoms with E-state index in [2.05, 4.69) is 64.8 Å². The van der Waals surface area contributed by atoms with Gasteiger partial charge in [-0.05, 0) is 53.3 Å². The molecule has 0 saturated carbocycles. The Labute approximate surface area is 223 Å². The molecule has 1 atom stereocenters. The zero-order valence-electron chi connectivity index (χ0n) is 21.3. The number of fused-ring (bicyclic) bond motifs is 1. The van der Waals surface area contributed by atoms with E-state index >= 15 is 0 Å². The van der Waals surface area contributed by atoms with E-state index in [0.29, 0.717) is 18.2 Å². The zero-order chi connectivity index (χ0) is 26.2. The maximum Gasteiger partial charge on any atom is 0.274 e. The molecular weight excluding hydrogens is 474 g/mol. The Morgan fingerprint density at radius 1 is 0.974 bits per heavy atom. The number of ether oxygens (including phenoxy) is 1. The zero-order valence-corrected chi connectivity index (χ0v) is 21.3. The van der Waals surface area contributed by atoms with E-state index in [1.54, 1.807) is 17.6 Å². The third-order valence-electron chi connectivity index (χ3n) is 6.99. The molecule has 1 aliphatic heterocycles. The third kappa shape index (κ3) is 6.47. The Morgan fingerprint density at radius 2 is 1.74 bits per heavy atom. The summed E-state index contributed by atoms with van der Waals surface area (Å²) in [5, 5.41) is 14.7. The van der Waals surface area contributed by atoms with Gasteiger partial charge in [-0.25, -0.2) is 5.48 Å². The summed E-state index contributed by atoms with van der Waals surface area (Å²) in [5.74, 6) is 0.337. The van der Waals surface area contributed by atoms with Crippen LogP contribution in [0.25, 0.3) is 16.8 Å². The summed E-state index contributed by atoms with van der Waals surface area (Å²) in [4.78, 5) is 14.3. The molecule has 4 aromatic rings. The fourth-order valence-corrected chi connectivity index (χ4v) is 5.00. The molecular formula is C32H33N3O3. The number of hydroxylamine groups is 1. The molecule has 0 aliphatic carbocycles. The summed E-state index contributed by atoms with van der Waals surface area (Å²) in [6.45, 7) is 4.04. The Hall–Kier alpha value is -3.97. The van der Waals surface area contributed by atoms with Crippen LogP contribution in [0.4, 0.5) is 0 Å². The van der Waals surface area contributed by atoms with Crippen molar-refractivity contribution >= 4 is 22.8 Å². The van der Waals surface area contributed by atoms with Crippen LogP contribution in [0.2, 0.25) is 0 Å². The Bertz CT molecular complexity index is 1380. The molecule has 6 heteroatoms. The molecule has 6 nitrogen and oxygen atoms in total. The monoisotopic (exact) mass is 507 g/mol. The van der Waals surface area contributed by atoms with E-state index in [-0.39, 0.29) is 0 Å². The molecule has 0 spiro atoms. The summed E-state index contributed by atoms with van der Waals surface area (Å²) in [7, 11) is 0. The molecule has 0 aromatic heterocycles. The highest BCUT2D eigenvalue weighted by Crippen LogP contribution is 2.26. The van der Waals surface area contributed by atoms with Crippen LogP contribution in [0.1, 0.15) is 27.9 Å². The summed E-state index contributed by atoms with van der Waals surface area (Å²) >= 11 is 0. The average molecular weight is 508 g/mol. The lowest BCUT2D eigenvalue weighted by atomic mass is 10.1. The van der Waals surface area contributed by atoms with Gasteiger partial charge in [0.15, 0.2) is 0 Å². The highest BCUT2D eigenvalue weighted by molar-refractivity contribution is 5.93. The van der Waals surface area contributed by atoms with Gasteiger partial charge in [-0.3, -0.25) is 14.9 Å². The lowest BCUT2D eigenvalue weighted by molar-refractivity contribution is 0.0706. The SMILES string of the molecule is O=C(NO)c1ccc(/C=C(/COc2cccc3ccccc23)CN(Cc2ccccc2)C2CCNC2)cc1. The Kier molecular flexibility index (Phi) is 8.46. The third-order valence-corrected chi connectivity index (χ3v) is 6.99. The van der Waals surface area contributed by atoms with Crippen molar-refractivity contribution < 1.29 is 14.7 Å². The van der Waals surface area contributed by atoms with Gasteiger partial charge in [0, 0.05) is 36.6 Å². The van der Waals surface area contributed by atoms with Crippen LogP contribution in [0.3, 0.4) is 0 Å². The van der Waals surface area contributed by atoms with Crippen LogP contribution >= 0.6 is 0 Å². The molecule has 1 amide bonds. The van der Waals surface area contributed by atoms with E-state index in [1.807, 2.05) is 36.4 Å². The number of carbonyl (C=O) groups is 1. The second kappa shape index (κ2) is 12.5. The van der Waals surface area contributed by atoms with E-state index < -0.39 is 5.91 Å². The topological polar surface area (TPSA) is 73.8 Å². The maximum absolute atomic E-state index is 11.8. The van der Waals surface area contributed by atoms with Gasteiger partial charge in [0.05, 0.1) is 0 Å². The molecule has 5 rings (SSSR count). The quantitative estimate of drug-likeness (QED) is 0.201. The predicted octanol–water partition coefficient (Wildman–Crippen LogP) is 5.29. The molecule has 1 heterocycles. The van der Waals surface area contributed by atoms with Crippen molar-refractivity contribution in [1.82, 2.24) is 15.7 Å². The maximum atomic E-state index is 11.8. The summed E-state index contributed by atoms with van der Waals surface area (Å²) in [6, 6.07) is 32.6. The first-order valence-corrected chi connectivity index (χ1v) is 13.0. The number of benzene rings is 4. The van der Waals surface area contributed by atoms with Crippen LogP contribution in [-0.4, -0.2) is 48.3 Å². The smallest absolute Gasteiger partial charge is 0.274 e. The first-order chi connectivity index (χ1) is 18.7. The number of rotatable bonds is 10. The number of amides is 1. The molecule has 1 fully saturated rings. The highest BCUT2D eigenvalue weighted by atomic mass is 16.5. The largest absolute Gasteiger partial charge is 0.489 e. The second-order valence-corrected chi connectivity index (χ2v) is 9.67. The highest BCUT2D eigenvalue weighted by Gasteiger charge is 2.23. The fraction of sp³-hybridized carbons (Fsp3) is 0.219. The predicted molar refractivity (Wildman–Crippen MR) is 151 cm³/mol. The van der Waals surface area contributed by atoms with E-state index in [1.165, 1.54) is 5.56 Å². The molecule has 3 N–H and O–H groups in total. The lowest BCUT2D eigenvalue weighted by Crippen LogP contribution is -2.38. The van der Waals surface area contributed by atoms with Gasteiger partial charge >= 0.3 is 0 Å². The second-order valence-electron chi connectivity index (χ2n) is 9.67. The molecule has 0 bridgehead atoms. The minimum Gasteiger partial charge on any atom is -0.489 e. The van der Waals surface area contributed by atoms with Crippen LogP contribution < -0.4 is 15.5 Å². The molecule has 1 saturated heterocycles. The number of hydrogen-bond donors (Lipinski definition) is 3. The Morgan fingerprint density at radius 3 is 2.50 bits per heavy atom. The lowest BCUT2D eigenvalue weighted by Gasteiger charge is -2.29. The summed E-state index contributed by atoms with van der Waals surface area (Å²) in [6.07, 6.45) is 3.25. The molecule has 1 aliphatic rings. The van der Waals surface area contributed by atoms with Gasteiger partial charge in [-0.1, -0.05) is 84.9 Å². The number of nitrogens with zero attached hydrogens (tertiary/aromatic N) is 1. The van der Waals surface area contributed by atoms with Crippen molar-refractivity contribution in [3.05, 3.63) is 119 Å². The first-order valence-electron chi connectivity index (χ1n) is 13.0. The molecule has 1 unspecified atom stereocenters. The molecule has 4 aromatic carbocycles. The van der Waals surface area contributed by atoms with E-state index in [4.69, 9.17) is 9.94 Å².